The van der Waals surface area contributed by atoms with E-state index in [1.165, 1.54) is 0 Å². The predicted molar refractivity (Wildman–Crippen MR) is 59.4 cm³/mol. The molecule has 14 heavy (non-hydrogen) atoms. The SMILES string of the molecule is C#Cc1ccc(OCC(C)C)c(C)c1. The van der Waals surface area contributed by atoms with Gasteiger partial charge >= 0.3 is 0 Å². The van der Waals surface area contributed by atoms with Crippen molar-refractivity contribution in [2.45, 2.75) is 20.8 Å². The van der Waals surface area contributed by atoms with Crippen molar-refractivity contribution in [2.24, 2.45) is 5.92 Å². The van der Waals surface area contributed by atoms with E-state index < -0.39 is 0 Å². The third-order valence-corrected chi connectivity index (χ3v) is 1.91. The lowest BCUT2D eigenvalue weighted by atomic mass is 10.1. The van der Waals surface area contributed by atoms with Crippen molar-refractivity contribution in [1.29, 1.82) is 0 Å². The summed E-state index contributed by atoms with van der Waals surface area (Å²) in [6, 6.07) is 5.81. The van der Waals surface area contributed by atoms with Crippen molar-refractivity contribution >= 4 is 0 Å². The van der Waals surface area contributed by atoms with E-state index in [9.17, 15) is 0 Å². The summed E-state index contributed by atoms with van der Waals surface area (Å²) >= 11 is 0. The van der Waals surface area contributed by atoms with Crippen molar-refractivity contribution in [3.63, 3.8) is 0 Å². The van der Waals surface area contributed by atoms with E-state index in [2.05, 4.69) is 19.8 Å². The number of rotatable bonds is 3. The molecule has 0 unspecified atom stereocenters. The molecule has 0 aliphatic carbocycles. The molecule has 0 aliphatic rings. The Morgan fingerprint density at radius 3 is 2.64 bits per heavy atom. The van der Waals surface area contributed by atoms with Crippen LogP contribution in [0, 0.1) is 25.2 Å². The number of terminal acetylenes is 1. The molecule has 0 N–H and O–H groups in total. The van der Waals surface area contributed by atoms with E-state index in [-0.39, 0.29) is 0 Å². The predicted octanol–water partition coefficient (Wildman–Crippen LogP) is 3.01. The van der Waals surface area contributed by atoms with Gasteiger partial charge in [0.25, 0.3) is 0 Å². The van der Waals surface area contributed by atoms with Crippen molar-refractivity contribution in [2.75, 3.05) is 6.61 Å². The molecule has 0 radical (unpaired) electrons. The highest BCUT2D eigenvalue weighted by Crippen LogP contribution is 2.19. The molecular weight excluding hydrogens is 172 g/mol. The van der Waals surface area contributed by atoms with Gasteiger partial charge in [0.1, 0.15) is 5.75 Å². The topological polar surface area (TPSA) is 9.23 Å². The molecular formula is C13H16O. The monoisotopic (exact) mass is 188 g/mol. The van der Waals surface area contributed by atoms with E-state index in [1.54, 1.807) is 0 Å². The second-order valence-electron chi connectivity index (χ2n) is 3.83. The zero-order chi connectivity index (χ0) is 10.6. The molecule has 0 fully saturated rings. The van der Waals surface area contributed by atoms with Gasteiger partial charge in [-0.1, -0.05) is 19.8 Å². The summed E-state index contributed by atoms with van der Waals surface area (Å²) in [6.45, 7) is 7.02. The quantitative estimate of drug-likeness (QED) is 0.662. The van der Waals surface area contributed by atoms with Crippen molar-refractivity contribution < 1.29 is 4.74 Å². The maximum absolute atomic E-state index is 5.63. The summed E-state index contributed by atoms with van der Waals surface area (Å²) < 4.78 is 5.63. The van der Waals surface area contributed by atoms with E-state index in [0.717, 1.165) is 23.5 Å². The lowest BCUT2D eigenvalue weighted by Crippen LogP contribution is -2.05. The van der Waals surface area contributed by atoms with Gasteiger partial charge in [-0.15, -0.1) is 6.42 Å². The maximum atomic E-state index is 5.63. The molecule has 0 atom stereocenters. The van der Waals surface area contributed by atoms with Gasteiger partial charge in [-0.05, 0) is 36.6 Å². The molecule has 0 heterocycles. The zero-order valence-corrected chi connectivity index (χ0v) is 9.00. The summed E-state index contributed by atoms with van der Waals surface area (Å²) in [4.78, 5) is 0. The molecule has 0 aromatic heterocycles. The van der Waals surface area contributed by atoms with Gasteiger partial charge in [0.15, 0.2) is 0 Å². The minimum Gasteiger partial charge on any atom is -0.493 e. The molecule has 0 saturated carbocycles. The molecule has 74 valence electrons. The van der Waals surface area contributed by atoms with Gasteiger partial charge in [0.05, 0.1) is 6.61 Å². The van der Waals surface area contributed by atoms with E-state index in [0.29, 0.717) is 5.92 Å². The fourth-order valence-electron chi connectivity index (χ4n) is 1.16. The van der Waals surface area contributed by atoms with Gasteiger partial charge in [0, 0.05) is 5.56 Å². The summed E-state index contributed by atoms with van der Waals surface area (Å²) in [7, 11) is 0. The number of hydrogen-bond donors (Lipinski definition) is 0. The highest BCUT2D eigenvalue weighted by Gasteiger charge is 2.01. The van der Waals surface area contributed by atoms with Crippen molar-refractivity contribution in [3.8, 4) is 18.1 Å². The highest BCUT2D eigenvalue weighted by molar-refractivity contribution is 5.42. The Bertz CT molecular complexity index is 345. The van der Waals surface area contributed by atoms with Gasteiger partial charge < -0.3 is 4.74 Å². The molecule has 0 saturated heterocycles. The van der Waals surface area contributed by atoms with Gasteiger partial charge in [-0.2, -0.15) is 0 Å². The lowest BCUT2D eigenvalue weighted by molar-refractivity contribution is 0.269. The van der Waals surface area contributed by atoms with Crippen LogP contribution in [-0.4, -0.2) is 6.61 Å². The van der Waals surface area contributed by atoms with Gasteiger partial charge in [-0.25, -0.2) is 0 Å². The summed E-state index contributed by atoms with van der Waals surface area (Å²) in [6.07, 6.45) is 5.30. The fraction of sp³-hybridized carbons (Fsp3) is 0.385. The molecule has 1 nitrogen and oxygen atoms in total. The molecule has 0 amide bonds. The lowest BCUT2D eigenvalue weighted by Gasteiger charge is -2.11. The average molecular weight is 188 g/mol. The first-order valence-corrected chi connectivity index (χ1v) is 4.83. The molecule has 1 aromatic carbocycles. The number of ether oxygens (including phenoxy) is 1. The first-order chi connectivity index (χ1) is 6.63. The molecule has 0 aliphatic heterocycles. The molecule has 1 heteroatoms. The minimum absolute atomic E-state index is 0.543. The average Bonchev–Trinajstić information content (AvgIpc) is 2.15. The van der Waals surface area contributed by atoms with Crippen molar-refractivity contribution in [3.05, 3.63) is 29.3 Å². The molecule has 1 rings (SSSR count). The standard InChI is InChI=1S/C13H16O/c1-5-12-6-7-13(11(4)8-12)14-9-10(2)3/h1,6-8,10H,9H2,2-4H3. The number of aryl methyl sites for hydroxylation is 1. The molecule has 1 aromatic rings. The fourth-order valence-corrected chi connectivity index (χ4v) is 1.16. The van der Waals surface area contributed by atoms with E-state index in [1.807, 2.05) is 25.1 Å². The van der Waals surface area contributed by atoms with Crippen LogP contribution in [0.4, 0.5) is 0 Å². The van der Waals surface area contributed by atoms with Crippen molar-refractivity contribution in [1.82, 2.24) is 0 Å². The Kier molecular flexibility index (Phi) is 3.59. The van der Waals surface area contributed by atoms with Crippen LogP contribution in [0.5, 0.6) is 5.75 Å². The van der Waals surface area contributed by atoms with Crippen LogP contribution in [0.3, 0.4) is 0 Å². The Balaban J connectivity index is 2.75. The second-order valence-corrected chi connectivity index (χ2v) is 3.83. The number of benzene rings is 1. The summed E-state index contributed by atoms with van der Waals surface area (Å²) in [5.74, 6) is 4.08. The first-order valence-electron chi connectivity index (χ1n) is 4.83. The zero-order valence-electron chi connectivity index (χ0n) is 9.00. The minimum atomic E-state index is 0.543. The van der Waals surface area contributed by atoms with E-state index >= 15 is 0 Å². The second kappa shape index (κ2) is 4.72. The largest absolute Gasteiger partial charge is 0.493 e. The van der Waals surface area contributed by atoms with Crippen LogP contribution < -0.4 is 4.74 Å². The van der Waals surface area contributed by atoms with Crippen LogP contribution in [0.15, 0.2) is 18.2 Å². The van der Waals surface area contributed by atoms with Crippen LogP contribution in [0.25, 0.3) is 0 Å². The Hall–Kier alpha value is -1.42. The Morgan fingerprint density at radius 2 is 2.14 bits per heavy atom. The van der Waals surface area contributed by atoms with Crippen LogP contribution in [0.1, 0.15) is 25.0 Å². The summed E-state index contributed by atoms with van der Waals surface area (Å²) in [5, 5.41) is 0. The van der Waals surface area contributed by atoms with Crippen LogP contribution >= 0.6 is 0 Å². The van der Waals surface area contributed by atoms with Gasteiger partial charge in [0.2, 0.25) is 0 Å². The normalized spacial score (nSPS) is 9.93. The third kappa shape index (κ3) is 2.81. The maximum Gasteiger partial charge on any atom is 0.122 e. The third-order valence-electron chi connectivity index (χ3n) is 1.91. The smallest absolute Gasteiger partial charge is 0.122 e. The highest BCUT2D eigenvalue weighted by atomic mass is 16.5. The molecule has 0 spiro atoms. The number of hydrogen-bond acceptors (Lipinski definition) is 1. The first kappa shape index (κ1) is 10.7. The van der Waals surface area contributed by atoms with Gasteiger partial charge in [-0.3, -0.25) is 0 Å². The summed E-state index contributed by atoms with van der Waals surface area (Å²) in [5.41, 5.74) is 2.00. The van der Waals surface area contributed by atoms with Crippen LogP contribution in [-0.2, 0) is 0 Å². The Labute approximate surface area is 86.1 Å². The Morgan fingerprint density at radius 1 is 1.43 bits per heavy atom. The molecule has 0 bridgehead atoms. The van der Waals surface area contributed by atoms with E-state index in [4.69, 9.17) is 11.2 Å². The van der Waals surface area contributed by atoms with Crippen LogP contribution in [0.2, 0.25) is 0 Å².